The number of anilines is 2. The summed E-state index contributed by atoms with van der Waals surface area (Å²) in [7, 11) is 4.13. The predicted octanol–water partition coefficient (Wildman–Crippen LogP) is 3.12. The Kier molecular flexibility index (Phi) is 7.96. The molecule has 0 bridgehead atoms. The van der Waals surface area contributed by atoms with E-state index >= 15 is 0 Å². The molecule has 0 aliphatic heterocycles. The van der Waals surface area contributed by atoms with E-state index < -0.39 is 0 Å². The Hall–Kier alpha value is -3.24. The van der Waals surface area contributed by atoms with E-state index in [1.807, 2.05) is 29.2 Å². The monoisotopic (exact) mass is 454 g/mol. The number of aromatic nitrogens is 5. The Bertz CT molecular complexity index is 1020. The molecule has 0 aliphatic rings. The summed E-state index contributed by atoms with van der Waals surface area (Å²) in [6, 6.07) is 7.84. The highest BCUT2D eigenvalue weighted by Crippen LogP contribution is 2.28. The maximum absolute atomic E-state index is 6.09. The highest BCUT2D eigenvalue weighted by molar-refractivity contribution is 7.17. The van der Waals surface area contributed by atoms with Gasteiger partial charge in [-0.2, -0.15) is 9.67 Å². The summed E-state index contributed by atoms with van der Waals surface area (Å²) in [6.07, 6.45) is 3.56. The van der Waals surface area contributed by atoms with E-state index in [1.165, 1.54) is 16.0 Å². The van der Waals surface area contributed by atoms with E-state index in [0.29, 0.717) is 36.7 Å². The molecule has 0 aliphatic carbocycles. The molecule has 1 atom stereocenters. The Morgan fingerprint density at radius 3 is 2.47 bits per heavy atom. The largest absolute Gasteiger partial charge is 0.493 e. The van der Waals surface area contributed by atoms with E-state index in [0.717, 1.165) is 22.9 Å². The van der Waals surface area contributed by atoms with Gasteiger partial charge >= 0.3 is 0 Å². The molecule has 0 fully saturated rings. The Morgan fingerprint density at radius 2 is 1.84 bits per heavy atom. The second-order valence-electron chi connectivity index (χ2n) is 7.76. The van der Waals surface area contributed by atoms with Gasteiger partial charge in [-0.3, -0.25) is 0 Å². The second-order valence-corrected chi connectivity index (χ2v) is 8.71. The van der Waals surface area contributed by atoms with Crippen molar-refractivity contribution in [3.63, 3.8) is 0 Å². The van der Waals surface area contributed by atoms with Crippen molar-refractivity contribution in [3.05, 3.63) is 49.6 Å². The number of nitrogens with zero attached hydrogens (tertiary/aromatic N) is 7. The van der Waals surface area contributed by atoms with Crippen LogP contribution >= 0.6 is 11.3 Å². The van der Waals surface area contributed by atoms with Gasteiger partial charge in [-0.1, -0.05) is 30.4 Å². The molecule has 170 valence electrons. The summed E-state index contributed by atoms with van der Waals surface area (Å²) < 4.78 is 7.40. The van der Waals surface area contributed by atoms with Crippen molar-refractivity contribution >= 4 is 23.2 Å². The zero-order chi connectivity index (χ0) is 23.1. The lowest BCUT2D eigenvalue weighted by molar-refractivity contribution is 0.222. The van der Waals surface area contributed by atoms with Gasteiger partial charge in [0.05, 0.1) is 6.61 Å². The van der Waals surface area contributed by atoms with Gasteiger partial charge in [0.15, 0.2) is 0 Å². The van der Waals surface area contributed by atoms with Crippen LogP contribution in [0.3, 0.4) is 0 Å². The SMILES string of the molecule is C=CCN(CC=C)c1nc(N)n(-c2nnc(-c3ccc(OCC(C)CN(C)C)cc3)s2)n1. The van der Waals surface area contributed by atoms with Crippen LogP contribution in [0.5, 0.6) is 5.75 Å². The first-order chi connectivity index (χ1) is 15.4. The molecule has 0 amide bonds. The predicted molar refractivity (Wildman–Crippen MR) is 130 cm³/mol. The lowest BCUT2D eigenvalue weighted by Crippen LogP contribution is -2.24. The Labute approximate surface area is 192 Å². The second kappa shape index (κ2) is 10.9. The number of nitrogen functional groups attached to an aromatic ring is 1. The van der Waals surface area contributed by atoms with Crippen LogP contribution in [0.2, 0.25) is 0 Å². The van der Waals surface area contributed by atoms with Gasteiger partial charge < -0.3 is 20.3 Å². The van der Waals surface area contributed by atoms with Gasteiger partial charge in [0, 0.05) is 31.1 Å². The van der Waals surface area contributed by atoms with Crippen molar-refractivity contribution in [1.82, 2.24) is 29.9 Å². The molecule has 9 nitrogen and oxygen atoms in total. The minimum Gasteiger partial charge on any atom is -0.493 e. The molecule has 2 N–H and O–H groups in total. The minimum absolute atomic E-state index is 0.247. The third-order valence-electron chi connectivity index (χ3n) is 4.51. The quantitative estimate of drug-likeness (QED) is 0.417. The fourth-order valence-electron chi connectivity index (χ4n) is 3.16. The molecular weight excluding hydrogens is 424 g/mol. The average molecular weight is 455 g/mol. The zero-order valence-electron chi connectivity index (χ0n) is 18.8. The first-order valence-corrected chi connectivity index (χ1v) is 11.1. The zero-order valence-corrected chi connectivity index (χ0v) is 19.6. The van der Waals surface area contributed by atoms with Gasteiger partial charge in [-0.05, 0) is 38.4 Å². The third-order valence-corrected chi connectivity index (χ3v) is 5.46. The number of benzene rings is 1. The molecule has 0 saturated heterocycles. The van der Waals surface area contributed by atoms with E-state index in [4.69, 9.17) is 10.5 Å². The molecule has 0 saturated carbocycles. The fraction of sp³-hybridized carbons (Fsp3) is 0.364. The van der Waals surface area contributed by atoms with E-state index in [9.17, 15) is 0 Å². The van der Waals surface area contributed by atoms with Crippen molar-refractivity contribution in [2.75, 3.05) is 51.0 Å². The van der Waals surface area contributed by atoms with Crippen LogP contribution in [0.25, 0.3) is 15.7 Å². The van der Waals surface area contributed by atoms with Gasteiger partial charge in [0.2, 0.25) is 17.0 Å². The first-order valence-electron chi connectivity index (χ1n) is 10.3. The highest BCUT2D eigenvalue weighted by atomic mass is 32.1. The standard InChI is InChI=1S/C22H30N8OS/c1-6-12-29(13-7-2)21-24-20(23)30(27-21)22-26-25-19(32-22)17-8-10-18(11-9-17)31-15-16(3)14-28(4)5/h6-11,16H,1-2,12-15H2,3-5H3,(H2,23,24,27). The van der Waals surface area contributed by atoms with Crippen LogP contribution in [-0.2, 0) is 0 Å². The maximum Gasteiger partial charge on any atom is 0.247 e. The summed E-state index contributed by atoms with van der Waals surface area (Å²) in [4.78, 5) is 8.42. The van der Waals surface area contributed by atoms with Crippen LogP contribution in [0.1, 0.15) is 6.92 Å². The van der Waals surface area contributed by atoms with E-state index in [1.54, 1.807) is 12.2 Å². The molecular formula is C22H30N8OS. The first kappa shape index (κ1) is 23.4. The maximum atomic E-state index is 6.09. The molecule has 2 aromatic heterocycles. The summed E-state index contributed by atoms with van der Waals surface area (Å²) >= 11 is 1.39. The van der Waals surface area contributed by atoms with Crippen LogP contribution in [0.4, 0.5) is 11.9 Å². The Morgan fingerprint density at radius 1 is 1.16 bits per heavy atom. The summed E-state index contributed by atoms with van der Waals surface area (Å²) in [5, 5.41) is 14.4. The van der Waals surface area contributed by atoms with Gasteiger partial charge in [-0.15, -0.1) is 28.5 Å². The minimum atomic E-state index is 0.247. The fourth-order valence-corrected chi connectivity index (χ4v) is 3.97. The molecule has 0 spiro atoms. The van der Waals surface area contributed by atoms with Crippen molar-refractivity contribution < 1.29 is 4.74 Å². The molecule has 10 heteroatoms. The van der Waals surface area contributed by atoms with Crippen LogP contribution in [-0.4, -0.2) is 70.2 Å². The van der Waals surface area contributed by atoms with E-state index in [2.05, 4.69) is 59.4 Å². The van der Waals surface area contributed by atoms with Crippen molar-refractivity contribution in [1.29, 1.82) is 0 Å². The van der Waals surface area contributed by atoms with Crippen molar-refractivity contribution in [2.45, 2.75) is 6.92 Å². The van der Waals surface area contributed by atoms with Crippen molar-refractivity contribution in [2.24, 2.45) is 5.92 Å². The summed E-state index contributed by atoms with van der Waals surface area (Å²) in [5.74, 6) is 2.02. The van der Waals surface area contributed by atoms with Crippen molar-refractivity contribution in [3.8, 4) is 21.5 Å². The molecule has 3 aromatic rings. The number of hydrogen-bond acceptors (Lipinski definition) is 9. The lowest BCUT2D eigenvalue weighted by Gasteiger charge is -2.17. The molecule has 32 heavy (non-hydrogen) atoms. The van der Waals surface area contributed by atoms with E-state index in [-0.39, 0.29) is 5.95 Å². The highest BCUT2D eigenvalue weighted by Gasteiger charge is 2.17. The molecule has 1 unspecified atom stereocenters. The topological polar surface area (TPSA) is 98.2 Å². The molecule has 0 radical (unpaired) electrons. The van der Waals surface area contributed by atoms with Crippen LogP contribution in [0, 0.1) is 5.92 Å². The number of nitrogens with two attached hydrogens (primary N) is 1. The average Bonchev–Trinajstić information content (AvgIpc) is 3.39. The van der Waals surface area contributed by atoms with Crippen LogP contribution < -0.4 is 15.4 Å². The molecule has 3 rings (SSSR count). The van der Waals surface area contributed by atoms with Gasteiger partial charge in [0.1, 0.15) is 10.8 Å². The number of hydrogen-bond donors (Lipinski definition) is 1. The van der Waals surface area contributed by atoms with Gasteiger partial charge in [0.25, 0.3) is 0 Å². The van der Waals surface area contributed by atoms with Crippen LogP contribution in [0.15, 0.2) is 49.6 Å². The normalized spacial score (nSPS) is 12.0. The lowest BCUT2D eigenvalue weighted by atomic mass is 10.2. The molecule has 2 heterocycles. The third kappa shape index (κ3) is 5.92. The number of ether oxygens (including phenoxy) is 1. The summed E-state index contributed by atoms with van der Waals surface area (Å²) in [5.41, 5.74) is 7.04. The molecule has 1 aromatic carbocycles. The smallest absolute Gasteiger partial charge is 0.247 e. The Balaban J connectivity index is 1.71. The number of rotatable bonds is 12. The van der Waals surface area contributed by atoms with Gasteiger partial charge in [-0.25, -0.2) is 0 Å². The summed E-state index contributed by atoms with van der Waals surface area (Å²) in [6.45, 7) is 12.5.